The zero-order chi connectivity index (χ0) is 14.8. The zero-order valence-electron chi connectivity index (χ0n) is 12.5. The summed E-state index contributed by atoms with van der Waals surface area (Å²) in [6.45, 7) is 8.07. The molecule has 0 amide bonds. The van der Waals surface area contributed by atoms with Crippen LogP contribution in [0.1, 0.15) is 42.5 Å². The van der Waals surface area contributed by atoms with Crippen LogP contribution < -0.4 is 5.32 Å². The van der Waals surface area contributed by atoms with Crippen LogP contribution in [0.3, 0.4) is 0 Å². The Morgan fingerprint density at radius 1 is 1.45 bits per heavy atom. The van der Waals surface area contributed by atoms with Gasteiger partial charge in [0.25, 0.3) is 0 Å². The molecule has 0 bridgehead atoms. The second-order valence-corrected chi connectivity index (χ2v) is 5.49. The van der Waals surface area contributed by atoms with Crippen molar-refractivity contribution in [1.29, 1.82) is 0 Å². The molecular weight excluding hydrogens is 252 g/mol. The maximum absolute atomic E-state index is 10.6. The van der Waals surface area contributed by atoms with Crippen molar-refractivity contribution < 1.29 is 9.52 Å². The van der Waals surface area contributed by atoms with E-state index in [1.165, 1.54) is 0 Å². The van der Waals surface area contributed by atoms with E-state index in [2.05, 4.69) is 17.2 Å². The molecule has 2 unspecified atom stereocenters. The smallest absolute Gasteiger partial charge is 0.107 e. The van der Waals surface area contributed by atoms with Gasteiger partial charge in [0, 0.05) is 30.5 Å². The normalized spacial score (nSPS) is 15.8. The van der Waals surface area contributed by atoms with Crippen molar-refractivity contribution in [3.8, 4) is 0 Å². The Morgan fingerprint density at radius 3 is 2.75 bits per heavy atom. The Hall–Kier alpha value is -1.65. The molecule has 2 rings (SSSR count). The van der Waals surface area contributed by atoms with Crippen LogP contribution in [0.5, 0.6) is 0 Å². The van der Waals surface area contributed by atoms with Crippen molar-refractivity contribution >= 4 is 0 Å². The molecular formula is C16H22N2O2. The fourth-order valence-electron chi connectivity index (χ4n) is 2.36. The van der Waals surface area contributed by atoms with Gasteiger partial charge < -0.3 is 14.8 Å². The van der Waals surface area contributed by atoms with E-state index in [9.17, 15) is 5.11 Å². The van der Waals surface area contributed by atoms with Gasteiger partial charge in [0.1, 0.15) is 17.1 Å². The molecule has 20 heavy (non-hydrogen) atoms. The molecule has 108 valence electrons. The highest BCUT2D eigenvalue weighted by atomic mass is 16.3. The lowest BCUT2D eigenvalue weighted by atomic mass is 9.95. The number of aryl methyl sites for hydroxylation is 2. The third kappa shape index (κ3) is 3.26. The Balaban J connectivity index is 2.04. The van der Waals surface area contributed by atoms with E-state index in [-0.39, 0.29) is 6.04 Å². The van der Waals surface area contributed by atoms with Crippen molar-refractivity contribution in [2.24, 2.45) is 0 Å². The summed E-state index contributed by atoms with van der Waals surface area (Å²) in [5, 5.41) is 14.0. The number of furan rings is 1. The molecule has 0 fully saturated rings. The predicted octanol–water partition coefficient (Wildman–Crippen LogP) is 2.85. The second kappa shape index (κ2) is 5.77. The molecule has 0 aliphatic carbocycles. The van der Waals surface area contributed by atoms with Crippen molar-refractivity contribution in [1.82, 2.24) is 10.3 Å². The van der Waals surface area contributed by atoms with E-state index in [1.807, 2.05) is 38.2 Å². The molecule has 0 aliphatic rings. The largest absolute Gasteiger partial charge is 0.466 e. The molecule has 2 aromatic heterocycles. The predicted molar refractivity (Wildman–Crippen MR) is 78.4 cm³/mol. The maximum atomic E-state index is 10.6. The lowest BCUT2D eigenvalue weighted by Gasteiger charge is -2.26. The number of aliphatic hydroxyl groups is 1. The van der Waals surface area contributed by atoms with Gasteiger partial charge >= 0.3 is 0 Å². The number of nitrogens with one attached hydrogen (secondary N) is 1. The molecule has 4 nitrogen and oxygen atoms in total. The number of hydrogen-bond donors (Lipinski definition) is 2. The first-order valence-corrected chi connectivity index (χ1v) is 6.83. The average molecular weight is 274 g/mol. The van der Waals surface area contributed by atoms with E-state index < -0.39 is 5.60 Å². The molecule has 0 aromatic carbocycles. The number of rotatable bonds is 5. The van der Waals surface area contributed by atoms with Crippen molar-refractivity contribution in [3.05, 3.63) is 53.2 Å². The monoisotopic (exact) mass is 274 g/mol. The molecule has 4 heteroatoms. The molecule has 0 radical (unpaired) electrons. The van der Waals surface area contributed by atoms with Gasteiger partial charge in [-0.15, -0.1) is 0 Å². The third-order valence-electron chi connectivity index (χ3n) is 3.56. The Morgan fingerprint density at radius 2 is 2.20 bits per heavy atom. The summed E-state index contributed by atoms with van der Waals surface area (Å²) >= 11 is 0. The highest BCUT2D eigenvalue weighted by molar-refractivity contribution is 5.27. The fraction of sp³-hybridized carbons (Fsp3) is 0.438. The first kappa shape index (κ1) is 14.8. The van der Waals surface area contributed by atoms with Crippen LogP contribution in [-0.2, 0) is 5.60 Å². The zero-order valence-corrected chi connectivity index (χ0v) is 12.5. The highest BCUT2D eigenvalue weighted by Crippen LogP contribution is 2.27. The number of pyridine rings is 1. The quantitative estimate of drug-likeness (QED) is 0.880. The van der Waals surface area contributed by atoms with Crippen molar-refractivity contribution in [2.45, 2.75) is 39.3 Å². The van der Waals surface area contributed by atoms with Crippen molar-refractivity contribution in [3.63, 3.8) is 0 Å². The Bertz CT molecular complexity index is 561. The molecule has 2 N–H and O–H groups in total. The fourth-order valence-corrected chi connectivity index (χ4v) is 2.36. The molecule has 0 spiro atoms. The Kier molecular flexibility index (Phi) is 4.26. The molecule has 2 heterocycles. The van der Waals surface area contributed by atoms with Crippen molar-refractivity contribution in [2.75, 3.05) is 6.54 Å². The van der Waals surface area contributed by atoms with Gasteiger partial charge in [0.05, 0.1) is 0 Å². The van der Waals surface area contributed by atoms with Gasteiger partial charge in [-0.2, -0.15) is 0 Å². The summed E-state index contributed by atoms with van der Waals surface area (Å²) < 4.78 is 5.49. The number of nitrogens with zero attached hydrogens (tertiary/aromatic N) is 1. The average Bonchev–Trinajstić information content (AvgIpc) is 2.77. The minimum absolute atomic E-state index is 0.128. The standard InChI is InChI=1S/C16H22N2O2/c1-11-8-15(13(3)20-11)16(4,19)10-18-12(2)14-6-5-7-17-9-14/h5-9,12,18-19H,10H2,1-4H3. The Labute approximate surface area is 119 Å². The van der Waals surface area contributed by atoms with E-state index in [0.29, 0.717) is 6.54 Å². The van der Waals surface area contributed by atoms with E-state index in [4.69, 9.17) is 4.42 Å². The molecule has 0 saturated carbocycles. The minimum Gasteiger partial charge on any atom is -0.466 e. The van der Waals surface area contributed by atoms with Gasteiger partial charge in [-0.05, 0) is 45.4 Å². The topological polar surface area (TPSA) is 58.3 Å². The molecule has 2 atom stereocenters. The third-order valence-corrected chi connectivity index (χ3v) is 3.56. The summed E-state index contributed by atoms with van der Waals surface area (Å²) in [4.78, 5) is 4.11. The summed E-state index contributed by atoms with van der Waals surface area (Å²) in [7, 11) is 0. The van der Waals surface area contributed by atoms with E-state index >= 15 is 0 Å². The van der Waals surface area contributed by atoms with Crippen LogP contribution in [0.15, 0.2) is 35.0 Å². The first-order chi connectivity index (χ1) is 9.40. The van der Waals surface area contributed by atoms with Gasteiger partial charge in [-0.1, -0.05) is 6.07 Å². The summed E-state index contributed by atoms with van der Waals surface area (Å²) in [5.41, 5.74) is 0.975. The van der Waals surface area contributed by atoms with Crippen LogP contribution in [-0.4, -0.2) is 16.6 Å². The van der Waals surface area contributed by atoms with Crippen LogP contribution >= 0.6 is 0 Å². The lowest BCUT2D eigenvalue weighted by molar-refractivity contribution is 0.0529. The molecule has 0 aliphatic heterocycles. The molecule has 2 aromatic rings. The van der Waals surface area contributed by atoms with Gasteiger partial charge in [-0.25, -0.2) is 0 Å². The lowest BCUT2D eigenvalue weighted by Crippen LogP contribution is -2.36. The number of hydrogen-bond acceptors (Lipinski definition) is 4. The van der Waals surface area contributed by atoms with Crippen LogP contribution in [0.2, 0.25) is 0 Å². The van der Waals surface area contributed by atoms with Gasteiger partial charge in [0.15, 0.2) is 0 Å². The number of aromatic nitrogens is 1. The van der Waals surface area contributed by atoms with Gasteiger partial charge in [0.2, 0.25) is 0 Å². The second-order valence-electron chi connectivity index (χ2n) is 5.49. The van der Waals surface area contributed by atoms with E-state index in [1.54, 1.807) is 13.1 Å². The van der Waals surface area contributed by atoms with Gasteiger partial charge in [-0.3, -0.25) is 4.98 Å². The summed E-state index contributed by atoms with van der Waals surface area (Å²) in [5.74, 6) is 1.58. The van der Waals surface area contributed by atoms with Crippen LogP contribution in [0.25, 0.3) is 0 Å². The summed E-state index contributed by atoms with van der Waals surface area (Å²) in [6, 6.07) is 5.96. The molecule has 0 saturated heterocycles. The van der Waals surface area contributed by atoms with Crippen LogP contribution in [0, 0.1) is 13.8 Å². The maximum Gasteiger partial charge on any atom is 0.107 e. The van der Waals surface area contributed by atoms with Crippen LogP contribution in [0.4, 0.5) is 0 Å². The SMILES string of the molecule is Cc1cc(C(C)(O)CNC(C)c2cccnc2)c(C)o1. The highest BCUT2D eigenvalue weighted by Gasteiger charge is 2.28. The summed E-state index contributed by atoms with van der Waals surface area (Å²) in [6.07, 6.45) is 3.59. The minimum atomic E-state index is -0.960. The van der Waals surface area contributed by atoms with E-state index in [0.717, 1.165) is 22.6 Å². The first-order valence-electron chi connectivity index (χ1n) is 6.83.